The number of hydrogen-bond acceptors (Lipinski definition) is 7. The Morgan fingerprint density at radius 1 is 1.11 bits per heavy atom. The van der Waals surface area contributed by atoms with E-state index in [1.807, 2.05) is 0 Å². The summed E-state index contributed by atoms with van der Waals surface area (Å²) in [6, 6.07) is 4.40. The molecule has 0 aliphatic heterocycles. The molecule has 0 saturated heterocycles. The monoisotopic (exact) mass is 266 g/mol. The fraction of sp³-hybridized carbons (Fsp3) is 0. The number of aromatic nitrogens is 3. The molecule has 2 heterocycles. The van der Waals surface area contributed by atoms with Crippen molar-refractivity contribution < 1.29 is 8.42 Å². The lowest BCUT2D eigenvalue weighted by Crippen LogP contribution is -2.15. The van der Waals surface area contributed by atoms with Gasteiger partial charge in [0.25, 0.3) is 10.0 Å². The lowest BCUT2D eigenvalue weighted by Gasteiger charge is -2.06. The van der Waals surface area contributed by atoms with Crippen molar-refractivity contribution in [1.29, 1.82) is 0 Å². The number of rotatable bonds is 4. The molecule has 2 aromatic heterocycles. The fourth-order valence-corrected chi connectivity index (χ4v) is 2.06. The minimum Gasteiger partial charge on any atom is -0.308 e. The lowest BCUT2D eigenvalue weighted by molar-refractivity contribution is 0.600. The van der Waals surface area contributed by atoms with Gasteiger partial charge in [-0.3, -0.25) is 0 Å². The zero-order valence-corrected chi connectivity index (χ0v) is 9.92. The first kappa shape index (κ1) is 12.2. The normalized spacial score (nSPS) is 10.9. The molecular weight excluding hydrogens is 256 g/mol. The molecule has 0 saturated carbocycles. The van der Waals surface area contributed by atoms with Gasteiger partial charge in [0.1, 0.15) is 10.7 Å². The largest absolute Gasteiger partial charge is 0.308 e. The highest BCUT2D eigenvalue weighted by atomic mass is 32.2. The first-order valence-corrected chi connectivity index (χ1v) is 6.32. The standard InChI is InChI=1S/C9H10N6O2S/c10-14-8-3-2-7(6-13-8)18(16,17)15-9-11-4-1-5-12-9/h1-6H,10H2,(H,13,14)(H,11,12,15). The third kappa shape index (κ3) is 2.70. The second-order valence-corrected chi connectivity index (χ2v) is 4.88. The highest BCUT2D eigenvalue weighted by Crippen LogP contribution is 2.12. The van der Waals surface area contributed by atoms with Gasteiger partial charge in [-0.05, 0) is 18.2 Å². The summed E-state index contributed by atoms with van der Waals surface area (Å²) in [5.74, 6) is 5.50. The zero-order chi connectivity index (χ0) is 13.0. The topological polar surface area (TPSA) is 123 Å². The average Bonchev–Trinajstić information content (AvgIpc) is 2.39. The van der Waals surface area contributed by atoms with Crippen LogP contribution in [0, 0.1) is 0 Å². The van der Waals surface area contributed by atoms with E-state index in [1.54, 1.807) is 6.07 Å². The SMILES string of the molecule is NNc1ccc(S(=O)(=O)Nc2ncccn2)cn1. The number of nitrogens with zero attached hydrogens (tertiary/aromatic N) is 3. The van der Waals surface area contributed by atoms with Crippen molar-refractivity contribution in [2.24, 2.45) is 5.84 Å². The van der Waals surface area contributed by atoms with Crippen LogP contribution in [-0.4, -0.2) is 23.4 Å². The lowest BCUT2D eigenvalue weighted by atomic mass is 10.5. The molecule has 8 nitrogen and oxygen atoms in total. The van der Waals surface area contributed by atoms with Crippen LogP contribution in [-0.2, 0) is 10.0 Å². The van der Waals surface area contributed by atoms with Crippen LogP contribution in [0.3, 0.4) is 0 Å². The molecule has 94 valence electrons. The molecule has 0 aliphatic carbocycles. The van der Waals surface area contributed by atoms with Gasteiger partial charge in [-0.15, -0.1) is 0 Å². The predicted molar refractivity (Wildman–Crippen MR) is 64.9 cm³/mol. The molecule has 0 amide bonds. The Hall–Kier alpha value is -2.26. The van der Waals surface area contributed by atoms with E-state index in [2.05, 4.69) is 25.1 Å². The van der Waals surface area contributed by atoms with E-state index in [9.17, 15) is 8.42 Å². The first-order valence-electron chi connectivity index (χ1n) is 4.84. The summed E-state index contributed by atoms with van der Waals surface area (Å²) in [6.45, 7) is 0. The van der Waals surface area contributed by atoms with Crippen molar-refractivity contribution >= 4 is 21.8 Å². The summed E-state index contributed by atoms with van der Waals surface area (Å²) >= 11 is 0. The molecular formula is C9H10N6O2S. The quantitative estimate of drug-likeness (QED) is 0.524. The molecule has 0 bridgehead atoms. The number of pyridine rings is 1. The van der Waals surface area contributed by atoms with Gasteiger partial charge < -0.3 is 5.43 Å². The molecule has 0 radical (unpaired) electrons. The van der Waals surface area contributed by atoms with E-state index >= 15 is 0 Å². The highest BCUT2D eigenvalue weighted by Gasteiger charge is 2.15. The highest BCUT2D eigenvalue weighted by molar-refractivity contribution is 7.92. The minimum atomic E-state index is -3.74. The Kier molecular flexibility index (Phi) is 3.35. The molecule has 2 aromatic rings. The Balaban J connectivity index is 2.25. The summed E-state index contributed by atoms with van der Waals surface area (Å²) in [7, 11) is -3.74. The van der Waals surface area contributed by atoms with Crippen molar-refractivity contribution in [1.82, 2.24) is 15.0 Å². The molecule has 4 N–H and O–H groups in total. The van der Waals surface area contributed by atoms with Crippen LogP contribution in [0.4, 0.5) is 11.8 Å². The molecule has 0 spiro atoms. The van der Waals surface area contributed by atoms with Gasteiger partial charge in [-0.1, -0.05) is 0 Å². The summed E-state index contributed by atoms with van der Waals surface area (Å²) in [6.07, 6.45) is 4.05. The minimum absolute atomic E-state index is 0.00136. The molecule has 18 heavy (non-hydrogen) atoms. The smallest absolute Gasteiger partial charge is 0.265 e. The Bertz CT molecular complexity index is 613. The van der Waals surface area contributed by atoms with Gasteiger partial charge in [0.15, 0.2) is 0 Å². The van der Waals surface area contributed by atoms with Crippen molar-refractivity contribution in [3.05, 3.63) is 36.8 Å². The van der Waals surface area contributed by atoms with Crippen LogP contribution in [0.15, 0.2) is 41.7 Å². The number of hydrazine groups is 1. The van der Waals surface area contributed by atoms with E-state index in [1.165, 1.54) is 30.7 Å². The molecule has 2 rings (SSSR count). The number of nitrogen functional groups attached to an aromatic ring is 1. The predicted octanol–water partition coefficient (Wildman–Crippen LogP) is -0.0420. The molecule has 0 fully saturated rings. The van der Waals surface area contributed by atoms with Crippen molar-refractivity contribution in [3.63, 3.8) is 0 Å². The molecule has 0 aromatic carbocycles. The van der Waals surface area contributed by atoms with E-state index in [4.69, 9.17) is 5.84 Å². The van der Waals surface area contributed by atoms with E-state index in [0.717, 1.165) is 0 Å². The Labute approximate surface area is 103 Å². The molecule has 0 atom stereocenters. The number of nitrogens with one attached hydrogen (secondary N) is 2. The fourth-order valence-electron chi connectivity index (χ4n) is 1.16. The van der Waals surface area contributed by atoms with Crippen LogP contribution in [0.5, 0.6) is 0 Å². The second kappa shape index (κ2) is 4.94. The maximum absolute atomic E-state index is 11.9. The molecule has 0 unspecified atom stereocenters. The summed E-state index contributed by atoms with van der Waals surface area (Å²) in [5, 5.41) is 0. The van der Waals surface area contributed by atoms with Gasteiger partial charge >= 0.3 is 0 Å². The maximum atomic E-state index is 11.9. The average molecular weight is 266 g/mol. The Morgan fingerprint density at radius 3 is 2.39 bits per heavy atom. The van der Waals surface area contributed by atoms with Crippen LogP contribution in [0.2, 0.25) is 0 Å². The van der Waals surface area contributed by atoms with Crippen LogP contribution in [0.25, 0.3) is 0 Å². The number of nitrogens with two attached hydrogens (primary N) is 1. The first-order chi connectivity index (χ1) is 8.62. The number of hydrogen-bond donors (Lipinski definition) is 3. The Morgan fingerprint density at radius 2 is 1.83 bits per heavy atom. The van der Waals surface area contributed by atoms with Gasteiger partial charge in [0.05, 0.1) is 0 Å². The van der Waals surface area contributed by atoms with Crippen LogP contribution in [0.1, 0.15) is 0 Å². The zero-order valence-electron chi connectivity index (χ0n) is 9.11. The van der Waals surface area contributed by atoms with E-state index in [-0.39, 0.29) is 10.8 Å². The van der Waals surface area contributed by atoms with Gasteiger partial charge in [0.2, 0.25) is 5.95 Å². The van der Waals surface area contributed by atoms with Crippen molar-refractivity contribution in [2.75, 3.05) is 10.1 Å². The van der Waals surface area contributed by atoms with Gasteiger partial charge in [-0.25, -0.2) is 33.9 Å². The van der Waals surface area contributed by atoms with E-state index in [0.29, 0.717) is 5.82 Å². The van der Waals surface area contributed by atoms with E-state index < -0.39 is 10.0 Å². The number of anilines is 2. The third-order valence-electron chi connectivity index (χ3n) is 1.99. The molecule has 9 heteroatoms. The summed E-state index contributed by atoms with van der Waals surface area (Å²) in [5.41, 5.74) is 2.30. The van der Waals surface area contributed by atoms with Crippen molar-refractivity contribution in [3.8, 4) is 0 Å². The summed E-state index contributed by atoms with van der Waals surface area (Å²) < 4.78 is 26.1. The van der Waals surface area contributed by atoms with Crippen LogP contribution < -0.4 is 16.0 Å². The molecule has 0 aliphatic rings. The maximum Gasteiger partial charge on any atom is 0.265 e. The van der Waals surface area contributed by atoms with Gasteiger partial charge in [0, 0.05) is 18.6 Å². The summed E-state index contributed by atoms with van der Waals surface area (Å²) in [4.78, 5) is 11.3. The second-order valence-electron chi connectivity index (χ2n) is 3.20. The van der Waals surface area contributed by atoms with Gasteiger partial charge in [-0.2, -0.15) is 0 Å². The van der Waals surface area contributed by atoms with Crippen LogP contribution >= 0.6 is 0 Å². The van der Waals surface area contributed by atoms with Crippen molar-refractivity contribution in [2.45, 2.75) is 4.90 Å². The number of sulfonamides is 1. The third-order valence-corrected chi connectivity index (χ3v) is 3.30.